The van der Waals surface area contributed by atoms with E-state index in [0.29, 0.717) is 0 Å². The van der Waals surface area contributed by atoms with Crippen LogP contribution in [0, 0.1) is 0 Å². The first kappa shape index (κ1) is 11.4. The van der Waals surface area contributed by atoms with Crippen LogP contribution >= 0.6 is 15.9 Å². The van der Waals surface area contributed by atoms with Crippen molar-refractivity contribution in [3.63, 3.8) is 0 Å². The van der Waals surface area contributed by atoms with Crippen LogP contribution in [0.2, 0.25) is 0 Å². The van der Waals surface area contributed by atoms with Gasteiger partial charge < -0.3 is 9.73 Å². The summed E-state index contributed by atoms with van der Waals surface area (Å²) < 4.78 is 6.79. The highest BCUT2D eigenvalue weighted by Gasteiger charge is 2.02. The van der Waals surface area contributed by atoms with Crippen LogP contribution in [0.1, 0.15) is 17.1 Å². The molecule has 1 N–H and O–H groups in total. The molecular formula is C13H14BrNO. The average molecular weight is 280 g/mol. The lowest BCUT2D eigenvalue weighted by molar-refractivity contribution is 0.462. The number of hydrogen-bond donors (Lipinski definition) is 1. The number of rotatable bonds is 4. The summed E-state index contributed by atoms with van der Waals surface area (Å²) in [6.45, 7) is 0.776. The van der Waals surface area contributed by atoms with Gasteiger partial charge in [0, 0.05) is 10.9 Å². The van der Waals surface area contributed by atoms with Crippen molar-refractivity contribution in [3.8, 4) is 0 Å². The minimum Gasteiger partial charge on any atom is -0.464 e. The molecule has 84 valence electrons. The normalized spacial score (nSPS) is 10.6. The molecule has 0 aliphatic carbocycles. The fourth-order valence-electron chi connectivity index (χ4n) is 1.63. The summed E-state index contributed by atoms with van der Waals surface area (Å²) in [6, 6.07) is 12.3. The van der Waals surface area contributed by atoms with Crippen molar-refractivity contribution in [1.82, 2.24) is 5.32 Å². The standard InChI is InChI=1S/C13H14BrNO/c1-15-9-13-6-5-12(16-13)8-10-3-2-4-11(14)7-10/h2-7,15H,8-9H2,1H3. The highest BCUT2D eigenvalue weighted by Crippen LogP contribution is 2.17. The maximum absolute atomic E-state index is 5.69. The topological polar surface area (TPSA) is 25.2 Å². The van der Waals surface area contributed by atoms with E-state index in [9.17, 15) is 0 Å². The van der Waals surface area contributed by atoms with Gasteiger partial charge in [-0.2, -0.15) is 0 Å². The molecule has 2 rings (SSSR count). The van der Waals surface area contributed by atoms with E-state index in [1.54, 1.807) is 0 Å². The van der Waals surface area contributed by atoms with Crippen molar-refractivity contribution in [1.29, 1.82) is 0 Å². The molecule has 0 fully saturated rings. The molecule has 0 bridgehead atoms. The van der Waals surface area contributed by atoms with Crippen molar-refractivity contribution in [2.24, 2.45) is 0 Å². The molecule has 2 nitrogen and oxygen atoms in total. The Kier molecular flexibility index (Phi) is 3.80. The third kappa shape index (κ3) is 2.97. The van der Waals surface area contributed by atoms with Gasteiger partial charge in [0.25, 0.3) is 0 Å². The first-order valence-electron chi connectivity index (χ1n) is 5.24. The minimum atomic E-state index is 0.776. The molecule has 2 aromatic rings. The molecule has 0 aliphatic rings. The molecule has 3 heteroatoms. The predicted molar refractivity (Wildman–Crippen MR) is 68.4 cm³/mol. The third-order valence-corrected chi connectivity index (χ3v) is 2.83. The predicted octanol–water partition coefficient (Wildman–Crippen LogP) is 3.35. The molecule has 1 aromatic carbocycles. The SMILES string of the molecule is CNCc1ccc(Cc2cccc(Br)c2)o1. The fourth-order valence-corrected chi connectivity index (χ4v) is 2.08. The average Bonchev–Trinajstić information content (AvgIpc) is 2.66. The minimum absolute atomic E-state index is 0.776. The number of halogens is 1. The first-order chi connectivity index (χ1) is 7.78. The van der Waals surface area contributed by atoms with Gasteiger partial charge in [-0.1, -0.05) is 28.1 Å². The third-order valence-electron chi connectivity index (χ3n) is 2.34. The summed E-state index contributed by atoms with van der Waals surface area (Å²) in [5.74, 6) is 1.98. The van der Waals surface area contributed by atoms with Crippen LogP contribution in [-0.2, 0) is 13.0 Å². The van der Waals surface area contributed by atoms with Crippen LogP contribution in [0.5, 0.6) is 0 Å². The Morgan fingerprint density at radius 1 is 1.19 bits per heavy atom. The van der Waals surface area contributed by atoms with Gasteiger partial charge >= 0.3 is 0 Å². The quantitative estimate of drug-likeness (QED) is 0.929. The summed E-state index contributed by atoms with van der Waals surface area (Å²) in [4.78, 5) is 0. The molecule has 0 amide bonds. The lowest BCUT2D eigenvalue weighted by Crippen LogP contribution is -2.03. The van der Waals surface area contributed by atoms with E-state index in [0.717, 1.165) is 29.0 Å². The lowest BCUT2D eigenvalue weighted by Gasteiger charge is -1.99. The Labute approximate surface area is 104 Å². The van der Waals surface area contributed by atoms with Crippen LogP contribution in [0.15, 0.2) is 45.3 Å². The zero-order chi connectivity index (χ0) is 11.4. The van der Waals surface area contributed by atoms with E-state index in [-0.39, 0.29) is 0 Å². The van der Waals surface area contributed by atoms with E-state index in [2.05, 4.69) is 33.4 Å². The zero-order valence-electron chi connectivity index (χ0n) is 9.16. The summed E-state index contributed by atoms with van der Waals surface area (Å²) >= 11 is 3.46. The molecule has 0 saturated carbocycles. The maximum Gasteiger partial charge on any atom is 0.117 e. The molecule has 16 heavy (non-hydrogen) atoms. The molecule has 1 aromatic heterocycles. The molecule has 0 atom stereocenters. The van der Waals surface area contributed by atoms with Crippen molar-refractivity contribution < 1.29 is 4.42 Å². The van der Waals surface area contributed by atoms with Gasteiger partial charge in [-0.05, 0) is 36.9 Å². The molecule has 0 saturated heterocycles. The second-order valence-electron chi connectivity index (χ2n) is 3.71. The van der Waals surface area contributed by atoms with Gasteiger partial charge in [0.1, 0.15) is 11.5 Å². The van der Waals surface area contributed by atoms with Crippen molar-refractivity contribution in [3.05, 3.63) is 58.0 Å². The van der Waals surface area contributed by atoms with Crippen LogP contribution in [0.3, 0.4) is 0 Å². The molecule has 0 aliphatic heterocycles. The highest BCUT2D eigenvalue weighted by atomic mass is 79.9. The Morgan fingerprint density at radius 2 is 2.00 bits per heavy atom. The van der Waals surface area contributed by atoms with Gasteiger partial charge in [0.05, 0.1) is 6.54 Å². The van der Waals surface area contributed by atoms with Gasteiger partial charge in [0.2, 0.25) is 0 Å². The Bertz CT molecular complexity index is 464. The Hall–Kier alpha value is -1.06. The first-order valence-corrected chi connectivity index (χ1v) is 6.04. The summed E-state index contributed by atoms with van der Waals surface area (Å²) in [6.07, 6.45) is 0.836. The maximum atomic E-state index is 5.69. The van der Waals surface area contributed by atoms with E-state index in [4.69, 9.17) is 4.42 Å². The van der Waals surface area contributed by atoms with Crippen molar-refractivity contribution in [2.75, 3.05) is 7.05 Å². The number of furan rings is 1. The van der Waals surface area contributed by atoms with Crippen molar-refractivity contribution in [2.45, 2.75) is 13.0 Å². The van der Waals surface area contributed by atoms with E-state index in [1.165, 1.54) is 5.56 Å². The lowest BCUT2D eigenvalue weighted by atomic mass is 10.1. The van der Waals surface area contributed by atoms with Crippen molar-refractivity contribution >= 4 is 15.9 Å². The summed E-state index contributed by atoms with van der Waals surface area (Å²) in [7, 11) is 1.91. The van der Waals surface area contributed by atoms with Gasteiger partial charge in [0.15, 0.2) is 0 Å². The number of benzene rings is 1. The number of hydrogen-bond acceptors (Lipinski definition) is 2. The highest BCUT2D eigenvalue weighted by molar-refractivity contribution is 9.10. The Balaban J connectivity index is 2.08. The van der Waals surface area contributed by atoms with Crippen LogP contribution in [0.4, 0.5) is 0 Å². The van der Waals surface area contributed by atoms with E-state index >= 15 is 0 Å². The molecule has 1 heterocycles. The molecular weight excluding hydrogens is 266 g/mol. The molecule has 0 unspecified atom stereocenters. The van der Waals surface area contributed by atoms with E-state index < -0.39 is 0 Å². The molecule has 0 radical (unpaired) electrons. The smallest absolute Gasteiger partial charge is 0.117 e. The van der Waals surface area contributed by atoms with Crippen LogP contribution in [-0.4, -0.2) is 7.05 Å². The van der Waals surface area contributed by atoms with Crippen LogP contribution in [0.25, 0.3) is 0 Å². The van der Waals surface area contributed by atoms with Gasteiger partial charge in [-0.25, -0.2) is 0 Å². The van der Waals surface area contributed by atoms with E-state index in [1.807, 2.05) is 31.3 Å². The van der Waals surface area contributed by atoms with Gasteiger partial charge in [-0.15, -0.1) is 0 Å². The zero-order valence-corrected chi connectivity index (χ0v) is 10.8. The second kappa shape index (κ2) is 5.32. The monoisotopic (exact) mass is 279 g/mol. The second-order valence-corrected chi connectivity index (χ2v) is 4.62. The molecule has 0 spiro atoms. The largest absolute Gasteiger partial charge is 0.464 e. The number of nitrogens with one attached hydrogen (secondary N) is 1. The Morgan fingerprint density at radius 3 is 2.75 bits per heavy atom. The summed E-state index contributed by atoms with van der Waals surface area (Å²) in [5, 5.41) is 3.07. The van der Waals surface area contributed by atoms with Crippen LogP contribution < -0.4 is 5.32 Å². The summed E-state index contributed by atoms with van der Waals surface area (Å²) in [5.41, 5.74) is 1.25. The van der Waals surface area contributed by atoms with Gasteiger partial charge in [-0.3, -0.25) is 0 Å². The fraction of sp³-hybridized carbons (Fsp3) is 0.231.